The normalized spacial score (nSPS) is 15.8. The highest BCUT2D eigenvalue weighted by Gasteiger charge is 2.20. The predicted molar refractivity (Wildman–Crippen MR) is 94.8 cm³/mol. The van der Waals surface area contributed by atoms with Crippen LogP contribution in [-0.2, 0) is 19.4 Å². The van der Waals surface area contributed by atoms with Gasteiger partial charge in [-0.25, -0.2) is 0 Å². The van der Waals surface area contributed by atoms with E-state index in [1.54, 1.807) is 0 Å². The lowest BCUT2D eigenvalue weighted by Gasteiger charge is -2.12. The van der Waals surface area contributed by atoms with Crippen molar-refractivity contribution in [2.45, 2.75) is 25.4 Å². The van der Waals surface area contributed by atoms with Crippen molar-refractivity contribution in [3.63, 3.8) is 0 Å². The second kappa shape index (κ2) is 7.90. The van der Waals surface area contributed by atoms with Gasteiger partial charge in [-0.3, -0.25) is 0 Å². The van der Waals surface area contributed by atoms with Gasteiger partial charge in [-0.1, -0.05) is 29.8 Å². The van der Waals surface area contributed by atoms with E-state index in [1.165, 1.54) is 16.7 Å². The summed E-state index contributed by atoms with van der Waals surface area (Å²) in [4.78, 5) is 0. The summed E-state index contributed by atoms with van der Waals surface area (Å²) in [5.41, 5.74) is 10.7. The summed E-state index contributed by atoms with van der Waals surface area (Å²) in [7, 11) is 0. The molecule has 0 radical (unpaired) electrons. The molecule has 114 valence electrons. The quantitative estimate of drug-likeness (QED) is 0.824. The Morgan fingerprint density at radius 3 is 2.57 bits per heavy atom. The van der Waals surface area contributed by atoms with Gasteiger partial charge in [-0.05, 0) is 53.8 Å². The van der Waals surface area contributed by atoms with Crippen LogP contribution in [0.1, 0.15) is 16.7 Å². The van der Waals surface area contributed by atoms with E-state index in [0.29, 0.717) is 6.04 Å². The van der Waals surface area contributed by atoms with Crippen LogP contribution in [0.4, 0.5) is 5.69 Å². The van der Waals surface area contributed by atoms with E-state index in [0.717, 1.165) is 30.1 Å². The van der Waals surface area contributed by atoms with Crippen molar-refractivity contribution >= 4 is 42.1 Å². The van der Waals surface area contributed by atoms with Crippen LogP contribution in [0.3, 0.4) is 0 Å². The summed E-state index contributed by atoms with van der Waals surface area (Å²) in [6.07, 6.45) is 2.14. The van der Waals surface area contributed by atoms with Gasteiger partial charge < -0.3 is 11.1 Å². The smallest absolute Gasteiger partial charge is 0.0409 e. The number of hydrogen-bond donors (Lipinski definition) is 2. The van der Waals surface area contributed by atoms with Gasteiger partial charge in [0.15, 0.2) is 0 Å². The fraction of sp³-hybridized carbons (Fsp3) is 0.250. The summed E-state index contributed by atoms with van der Waals surface area (Å²) in [5.74, 6) is 0. The molecule has 0 amide bonds. The van der Waals surface area contributed by atoms with Crippen molar-refractivity contribution in [3.8, 4) is 0 Å². The fourth-order valence-corrected chi connectivity index (χ4v) is 2.90. The Labute approximate surface area is 142 Å². The molecule has 1 aliphatic carbocycles. The molecule has 0 saturated heterocycles. The van der Waals surface area contributed by atoms with Gasteiger partial charge in [0, 0.05) is 23.3 Å². The number of nitrogen functional groups attached to an aromatic ring is 1. The number of nitrogens with two attached hydrogens (primary N) is 1. The van der Waals surface area contributed by atoms with Gasteiger partial charge in [0.05, 0.1) is 0 Å². The van der Waals surface area contributed by atoms with Crippen LogP contribution in [0.25, 0.3) is 0 Å². The van der Waals surface area contributed by atoms with Crippen LogP contribution < -0.4 is 11.1 Å². The van der Waals surface area contributed by atoms with Crippen molar-refractivity contribution in [1.29, 1.82) is 0 Å². The zero-order valence-corrected chi connectivity index (χ0v) is 13.9. The number of halogens is 3. The van der Waals surface area contributed by atoms with E-state index in [9.17, 15) is 0 Å². The summed E-state index contributed by atoms with van der Waals surface area (Å²) < 4.78 is 0. The first kappa shape index (κ1) is 18.1. The maximum atomic E-state index is 5.99. The molecule has 0 fully saturated rings. The largest absolute Gasteiger partial charge is 0.399 e. The molecule has 1 unspecified atom stereocenters. The van der Waals surface area contributed by atoms with Crippen LogP contribution in [0.2, 0.25) is 5.02 Å². The van der Waals surface area contributed by atoms with Crippen LogP contribution in [0.5, 0.6) is 0 Å². The Hall–Kier alpha value is -0.930. The van der Waals surface area contributed by atoms with E-state index in [4.69, 9.17) is 17.3 Å². The highest BCUT2D eigenvalue weighted by Crippen LogP contribution is 2.24. The first-order valence-electron chi connectivity index (χ1n) is 6.56. The van der Waals surface area contributed by atoms with Crippen LogP contribution in [-0.4, -0.2) is 6.04 Å². The molecule has 0 spiro atoms. The number of nitrogens with one attached hydrogen (secondary N) is 1. The SMILES string of the molecule is Cl.Cl.Nc1ccc2c(c1)CC(NCc1cccc(Cl)c1)C2. The zero-order chi connectivity index (χ0) is 13.2. The van der Waals surface area contributed by atoms with E-state index < -0.39 is 0 Å². The maximum Gasteiger partial charge on any atom is 0.0409 e. The molecule has 1 aliphatic rings. The van der Waals surface area contributed by atoms with Crippen molar-refractivity contribution in [1.82, 2.24) is 5.32 Å². The van der Waals surface area contributed by atoms with Gasteiger partial charge in [0.2, 0.25) is 0 Å². The maximum absolute atomic E-state index is 5.99. The molecule has 2 aromatic carbocycles. The number of benzene rings is 2. The topological polar surface area (TPSA) is 38.0 Å². The molecule has 0 heterocycles. The van der Waals surface area contributed by atoms with Crippen molar-refractivity contribution in [2.24, 2.45) is 0 Å². The molecule has 2 nitrogen and oxygen atoms in total. The lowest BCUT2D eigenvalue weighted by atomic mass is 10.1. The Bertz CT molecular complexity index is 602. The number of fused-ring (bicyclic) bond motifs is 1. The Kier molecular flexibility index (Phi) is 6.82. The average Bonchev–Trinajstić information content (AvgIpc) is 2.78. The van der Waals surface area contributed by atoms with Gasteiger partial charge in [0.1, 0.15) is 0 Å². The molecular weight excluding hydrogens is 327 g/mol. The molecule has 1 atom stereocenters. The third kappa shape index (κ3) is 4.52. The number of hydrogen-bond acceptors (Lipinski definition) is 2. The molecule has 3 rings (SSSR count). The highest BCUT2D eigenvalue weighted by molar-refractivity contribution is 6.30. The van der Waals surface area contributed by atoms with Crippen LogP contribution in [0, 0.1) is 0 Å². The lowest BCUT2D eigenvalue weighted by molar-refractivity contribution is 0.533. The molecule has 0 saturated carbocycles. The minimum Gasteiger partial charge on any atom is -0.399 e. The minimum atomic E-state index is 0. The Morgan fingerprint density at radius 2 is 1.81 bits per heavy atom. The fourth-order valence-electron chi connectivity index (χ4n) is 2.69. The molecule has 21 heavy (non-hydrogen) atoms. The highest BCUT2D eigenvalue weighted by atomic mass is 35.5. The summed E-state index contributed by atoms with van der Waals surface area (Å²) in [6.45, 7) is 0.856. The third-order valence-electron chi connectivity index (χ3n) is 3.65. The summed E-state index contributed by atoms with van der Waals surface area (Å²) >= 11 is 5.99. The Balaban J connectivity index is 0.00000110. The summed E-state index contributed by atoms with van der Waals surface area (Å²) in [5, 5.41) is 4.39. The van der Waals surface area contributed by atoms with Crippen molar-refractivity contribution < 1.29 is 0 Å². The third-order valence-corrected chi connectivity index (χ3v) is 3.88. The lowest BCUT2D eigenvalue weighted by Crippen LogP contribution is -2.28. The standard InChI is InChI=1S/C16H17ClN2.2ClH/c17-14-3-1-2-11(6-14)10-19-16-8-12-4-5-15(18)7-13(12)9-16;;/h1-7,16,19H,8-10,18H2;2*1H. The second-order valence-electron chi connectivity index (χ2n) is 5.14. The average molecular weight is 346 g/mol. The first-order chi connectivity index (χ1) is 9.20. The van der Waals surface area contributed by atoms with Crippen molar-refractivity contribution in [2.75, 3.05) is 5.73 Å². The number of anilines is 1. The van der Waals surface area contributed by atoms with E-state index in [1.807, 2.05) is 24.3 Å². The Morgan fingerprint density at radius 1 is 1.05 bits per heavy atom. The van der Waals surface area contributed by atoms with Gasteiger partial charge in [0.25, 0.3) is 0 Å². The monoisotopic (exact) mass is 344 g/mol. The van der Waals surface area contributed by atoms with Gasteiger partial charge >= 0.3 is 0 Å². The number of rotatable bonds is 3. The molecular formula is C16H19Cl3N2. The molecule has 5 heteroatoms. The van der Waals surface area contributed by atoms with E-state index >= 15 is 0 Å². The van der Waals surface area contributed by atoms with E-state index in [-0.39, 0.29) is 24.8 Å². The molecule has 3 N–H and O–H groups in total. The van der Waals surface area contributed by atoms with Crippen molar-refractivity contribution in [3.05, 3.63) is 64.2 Å². The van der Waals surface area contributed by atoms with Gasteiger partial charge in [-0.2, -0.15) is 0 Å². The molecule has 2 aromatic rings. The molecule has 0 aromatic heterocycles. The minimum absolute atomic E-state index is 0. The predicted octanol–water partition coefficient (Wildman–Crippen LogP) is 4.02. The first-order valence-corrected chi connectivity index (χ1v) is 6.93. The summed E-state index contributed by atoms with van der Waals surface area (Å²) in [6, 6.07) is 14.7. The zero-order valence-electron chi connectivity index (χ0n) is 11.5. The van der Waals surface area contributed by atoms with Crippen LogP contribution in [0.15, 0.2) is 42.5 Å². The van der Waals surface area contributed by atoms with Gasteiger partial charge in [-0.15, -0.1) is 24.8 Å². The van der Waals surface area contributed by atoms with Crippen LogP contribution >= 0.6 is 36.4 Å². The molecule has 0 bridgehead atoms. The van der Waals surface area contributed by atoms with E-state index in [2.05, 4.69) is 23.5 Å². The molecule has 0 aliphatic heterocycles. The second-order valence-corrected chi connectivity index (χ2v) is 5.58.